The van der Waals surface area contributed by atoms with Gasteiger partial charge in [0.25, 0.3) is 5.91 Å². The van der Waals surface area contributed by atoms with Crippen molar-refractivity contribution in [1.29, 1.82) is 0 Å². The first-order valence-corrected chi connectivity index (χ1v) is 10.8. The molecule has 1 aliphatic rings. The van der Waals surface area contributed by atoms with Crippen LogP contribution in [0.15, 0.2) is 63.8 Å². The Morgan fingerprint density at radius 1 is 1.12 bits per heavy atom. The van der Waals surface area contributed by atoms with E-state index in [2.05, 4.69) is 5.32 Å². The summed E-state index contributed by atoms with van der Waals surface area (Å²) in [6.45, 7) is 1.25. The summed E-state index contributed by atoms with van der Waals surface area (Å²) in [6.07, 6.45) is 2.69. The molecule has 1 atom stereocenters. The van der Waals surface area contributed by atoms with Crippen molar-refractivity contribution in [2.24, 2.45) is 5.92 Å². The van der Waals surface area contributed by atoms with E-state index < -0.39 is 0 Å². The van der Waals surface area contributed by atoms with Crippen molar-refractivity contribution in [3.05, 3.63) is 82.0 Å². The average Bonchev–Trinajstić information content (AvgIpc) is 2.82. The summed E-state index contributed by atoms with van der Waals surface area (Å²) in [6, 6.07) is 14.5. The summed E-state index contributed by atoms with van der Waals surface area (Å²) in [7, 11) is 0. The highest BCUT2D eigenvalue weighted by atomic mass is 19.1. The average molecular weight is 436 g/mol. The molecule has 0 radical (unpaired) electrons. The van der Waals surface area contributed by atoms with Gasteiger partial charge in [-0.25, -0.2) is 4.39 Å². The molecule has 2 heterocycles. The highest BCUT2D eigenvalue weighted by Crippen LogP contribution is 2.23. The van der Waals surface area contributed by atoms with Crippen LogP contribution in [0.1, 0.15) is 41.8 Å². The number of para-hydroxylation sites is 1. The fraction of sp³-hybridized carbons (Fsp3) is 0.320. The number of carbonyl (C=O) groups excluding carboxylic acids is 2. The monoisotopic (exact) mass is 436 g/mol. The molecule has 7 heteroatoms. The summed E-state index contributed by atoms with van der Waals surface area (Å²) >= 11 is 0. The van der Waals surface area contributed by atoms with Crippen LogP contribution in [0.5, 0.6) is 0 Å². The predicted molar refractivity (Wildman–Crippen MR) is 119 cm³/mol. The van der Waals surface area contributed by atoms with Crippen LogP contribution in [0, 0.1) is 11.7 Å². The minimum Gasteiger partial charge on any atom is -0.451 e. The number of fused-ring (bicyclic) bond motifs is 1. The van der Waals surface area contributed by atoms with Crippen LogP contribution in [0.4, 0.5) is 4.39 Å². The minimum atomic E-state index is -0.338. The highest BCUT2D eigenvalue weighted by molar-refractivity contribution is 5.93. The molecule has 1 aromatic heterocycles. The molecule has 0 spiro atoms. The van der Waals surface area contributed by atoms with Crippen LogP contribution < -0.4 is 10.7 Å². The summed E-state index contributed by atoms with van der Waals surface area (Å²) in [5, 5.41) is 3.20. The van der Waals surface area contributed by atoms with Gasteiger partial charge in [0.1, 0.15) is 11.4 Å². The van der Waals surface area contributed by atoms with Gasteiger partial charge in [0.2, 0.25) is 5.91 Å². The molecule has 2 aromatic carbocycles. The molecule has 0 unspecified atom stereocenters. The number of nitrogens with one attached hydrogen (secondary N) is 1. The zero-order valence-corrected chi connectivity index (χ0v) is 17.7. The minimum absolute atomic E-state index is 0.0389. The fourth-order valence-corrected chi connectivity index (χ4v) is 4.11. The van der Waals surface area contributed by atoms with Gasteiger partial charge in [0, 0.05) is 37.7 Å². The Hall–Kier alpha value is -3.48. The zero-order valence-electron chi connectivity index (χ0n) is 17.7. The van der Waals surface area contributed by atoms with E-state index in [0.717, 1.165) is 12.8 Å². The largest absolute Gasteiger partial charge is 0.451 e. The maximum atomic E-state index is 13.7. The van der Waals surface area contributed by atoms with E-state index in [1.807, 2.05) is 0 Å². The first-order valence-electron chi connectivity index (χ1n) is 10.8. The number of carbonyl (C=O) groups is 2. The SMILES string of the molecule is O=C(CC[C@H]1CCCN(C(=O)c2cc(=O)c3ccccc3o2)C1)NCc1ccccc1F. The molecule has 0 aliphatic carbocycles. The Bertz CT molecular complexity index is 1190. The molecule has 1 fully saturated rings. The van der Waals surface area contributed by atoms with Gasteiger partial charge in [0.15, 0.2) is 11.2 Å². The Morgan fingerprint density at radius 3 is 2.75 bits per heavy atom. The zero-order chi connectivity index (χ0) is 22.5. The number of hydrogen-bond donors (Lipinski definition) is 1. The second-order valence-corrected chi connectivity index (χ2v) is 8.14. The van der Waals surface area contributed by atoms with E-state index in [-0.39, 0.29) is 41.3 Å². The fourth-order valence-electron chi connectivity index (χ4n) is 4.11. The molecule has 1 N–H and O–H groups in total. The summed E-state index contributed by atoms with van der Waals surface area (Å²) in [5.41, 5.74) is 0.603. The van der Waals surface area contributed by atoms with Gasteiger partial charge < -0.3 is 14.6 Å². The number of halogens is 1. The van der Waals surface area contributed by atoms with Gasteiger partial charge in [-0.05, 0) is 43.4 Å². The molecule has 0 saturated carbocycles. The summed E-state index contributed by atoms with van der Waals surface area (Å²) in [5.74, 6) is -0.565. The molecule has 1 saturated heterocycles. The Balaban J connectivity index is 1.32. The van der Waals surface area contributed by atoms with Gasteiger partial charge in [-0.15, -0.1) is 0 Å². The van der Waals surface area contributed by atoms with Crippen LogP contribution in [-0.2, 0) is 11.3 Å². The topological polar surface area (TPSA) is 79.6 Å². The van der Waals surface area contributed by atoms with E-state index in [9.17, 15) is 18.8 Å². The predicted octanol–water partition coefficient (Wildman–Crippen LogP) is 3.88. The van der Waals surface area contributed by atoms with Crippen molar-refractivity contribution < 1.29 is 18.4 Å². The van der Waals surface area contributed by atoms with Crippen molar-refractivity contribution in [3.63, 3.8) is 0 Å². The maximum Gasteiger partial charge on any atom is 0.289 e. The molecule has 166 valence electrons. The van der Waals surface area contributed by atoms with Crippen LogP contribution in [0.3, 0.4) is 0 Å². The molecule has 4 rings (SSSR count). The molecule has 0 bridgehead atoms. The second kappa shape index (κ2) is 9.77. The summed E-state index contributed by atoms with van der Waals surface area (Å²) < 4.78 is 19.4. The van der Waals surface area contributed by atoms with Crippen molar-refractivity contribution >= 4 is 22.8 Å². The van der Waals surface area contributed by atoms with Crippen LogP contribution in [0.2, 0.25) is 0 Å². The Kier molecular flexibility index (Phi) is 6.63. The number of rotatable bonds is 6. The number of piperidine rings is 1. The molecule has 2 amide bonds. The van der Waals surface area contributed by atoms with E-state index >= 15 is 0 Å². The molecule has 1 aliphatic heterocycles. The number of nitrogens with zero attached hydrogens (tertiary/aromatic N) is 1. The lowest BCUT2D eigenvalue weighted by Crippen LogP contribution is -2.40. The maximum absolute atomic E-state index is 13.7. The van der Waals surface area contributed by atoms with Gasteiger partial charge in [-0.1, -0.05) is 30.3 Å². The number of benzene rings is 2. The Labute approximate surface area is 185 Å². The van der Waals surface area contributed by atoms with E-state index in [4.69, 9.17) is 4.42 Å². The normalized spacial score (nSPS) is 16.2. The third-order valence-corrected chi connectivity index (χ3v) is 5.87. The van der Waals surface area contributed by atoms with Crippen molar-refractivity contribution in [2.45, 2.75) is 32.2 Å². The van der Waals surface area contributed by atoms with E-state index in [0.29, 0.717) is 42.5 Å². The van der Waals surface area contributed by atoms with Crippen molar-refractivity contribution in [1.82, 2.24) is 10.2 Å². The molecule has 3 aromatic rings. The third-order valence-electron chi connectivity index (χ3n) is 5.87. The lowest BCUT2D eigenvalue weighted by molar-refractivity contribution is -0.121. The number of likely N-dealkylation sites (tertiary alicyclic amines) is 1. The lowest BCUT2D eigenvalue weighted by atomic mass is 9.93. The van der Waals surface area contributed by atoms with E-state index in [1.54, 1.807) is 47.4 Å². The third kappa shape index (κ3) is 5.04. The molecule has 6 nitrogen and oxygen atoms in total. The number of hydrogen-bond acceptors (Lipinski definition) is 4. The van der Waals surface area contributed by atoms with Gasteiger partial charge in [0.05, 0.1) is 5.39 Å². The quantitative estimate of drug-likeness (QED) is 0.636. The molecular weight excluding hydrogens is 411 g/mol. The van der Waals surface area contributed by atoms with Gasteiger partial charge in [-0.3, -0.25) is 14.4 Å². The smallest absolute Gasteiger partial charge is 0.289 e. The standard InChI is InChI=1S/C25H25FN2O4/c26-20-9-3-1-7-18(20)15-27-24(30)12-11-17-6-5-13-28(16-17)25(31)23-14-21(29)19-8-2-4-10-22(19)32-23/h1-4,7-10,14,17H,5-6,11-13,15-16H2,(H,27,30)/t17-/m1/s1. The Morgan fingerprint density at radius 2 is 1.91 bits per heavy atom. The van der Waals surface area contributed by atoms with Gasteiger partial charge in [-0.2, -0.15) is 0 Å². The number of amides is 2. The second-order valence-electron chi connectivity index (χ2n) is 8.14. The molecule has 32 heavy (non-hydrogen) atoms. The summed E-state index contributed by atoms with van der Waals surface area (Å²) in [4.78, 5) is 39.2. The van der Waals surface area contributed by atoms with Crippen LogP contribution in [-0.4, -0.2) is 29.8 Å². The van der Waals surface area contributed by atoms with Crippen molar-refractivity contribution in [2.75, 3.05) is 13.1 Å². The van der Waals surface area contributed by atoms with Crippen LogP contribution in [0.25, 0.3) is 11.0 Å². The first-order chi connectivity index (χ1) is 15.5. The molecular formula is C25H25FN2O4. The highest BCUT2D eigenvalue weighted by Gasteiger charge is 2.26. The lowest BCUT2D eigenvalue weighted by Gasteiger charge is -2.32. The van der Waals surface area contributed by atoms with Crippen LogP contribution >= 0.6 is 0 Å². The van der Waals surface area contributed by atoms with Crippen molar-refractivity contribution in [3.8, 4) is 0 Å². The first kappa shape index (κ1) is 21.7. The van der Waals surface area contributed by atoms with Gasteiger partial charge >= 0.3 is 0 Å². The van der Waals surface area contributed by atoms with E-state index in [1.165, 1.54) is 12.1 Å².